The number of esters is 2. The molecule has 10 nitrogen and oxygen atoms in total. The van der Waals surface area contributed by atoms with E-state index in [1.165, 1.54) is 12.8 Å². The molecule has 0 heterocycles. The first kappa shape index (κ1) is 52.4. The van der Waals surface area contributed by atoms with Crippen molar-refractivity contribution in [3.8, 4) is 0 Å². The van der Waals surface area contributed by atoms with Crippen LogP contribution in [0.3, 0.4) is 0 Å². The number of phosphoric ester groups is 1. The highest BCUT2D eigenvalue weighted by Crippen LogP contribution is 2.43. The van der Waals surface area contributed by atoms with Crippen LogP contribution in [0.2, 0.25) is 0 Å². The summed E-state index contributed by atoms with van der Waals surface area (Å²) >= 11 is 0. The number of ether oxygens (including phenoxy) is 2. The van der Waals surface area contributed by atoms with Gasteiger partial charge >= 0.3 is 19.8 Å². The smallest absolute Gasteiger partial charge is 0.462 e. The van der Waals surface area contributed by atoms with Crippen LogP contribution in [0.4, 0.5) is 0 Å². The van der Waals surface area contributed by atoms with Crippen molar-refractivity contribution in [1.82, 2.24) is 0 Å². The molecule has 0 aliphatic carbocycles. The number of phosphoric acid groups is 1. The summed E-state index contributed by atoms with van der Waals surface area (Å²) in [6.07, 6.45) is 44.3. The van der Waals surface area contributed by atoms with E-state index in [0.29, 0.717) is 12.8 Å². The molecule has 0 aromatic carbocycles. The van der Waals surface area contributed by atoms with Gasteiger partial charge < -0.3 is 24.6 Å². The standard InChI is InChI=1S/C44H75O10P/c1-3-5-7-9-11-13-15-17-19-20-22-24-26-28-30-32-34-36-44(48)54-42(40-53-55(49,50)52-38-41(46)37-45)39-51-43(47)35-33-31-29-27-25-23-21-18-16-14-12-10-8-6-4-2/h5-8,11-14,17-19,21,41-42,45-46H,3-4,9-10,15-16,20,22-40H2,1-2H3,(H,49,50)/b7-5-,8-6-,13-11-,14-12-,19-17-,21-18-. The zero-order valence-electron chi connectivity index (χ0n) is 34.1. The zero-order chi connectivity index (χ0) is 40.5. The fourth-order valence-corrected chi connectivity index (χ4v) is 5.99. The van der Waals surface area contributed by atoms with E-state index in [1.54, 1.807) is 0 Å². The molecule has 3 N–H and O–H groups in total. The minimum Gasteiger partial charge on any atom is -0.462 e. The number of carbonyl (C=O) groups excluding carboxylic acids is 2. The molecule has 0 radical (unpaired) electrons. The van der Waals surface area contributed by atoms with E-state index in [0.717, 1.165) is 103 Å². The predicted molar refractivity (Wildman–Crippen MR) is 223 cm³/mol. The van der Waals surface area contributed by atoms with Gasteiger partial charge in [-0.05, 0) is 77.0 Å². The van der Waals surface area contributed by atoms with E-state index >= 15 is 0 Å². The maximum atomic E-state index is 12.6. The highest BCUT2D eigenvalue weighted by molar-refractivity contribution is 7.47. The Morgan fingerprint density at radius 1 is 0.545 bits per heavy atom. The minimum absolute atomic E-state index is 0.165. The lowest BCUT2D eigenvalue weighted by atomic mass is 10.1. The molecule has 0 aliphatic rings. The molecule has 0 aliphatic heterocycles. The van der Waals surface area contributed by atoms with E-state index in [1.807, 2.05) is 0 Å². The largest absolute Gasteiger partial charge is 0.472 e. The molecular formula is C44H75O10P. The summed E-state index contributed by atoms with van der Waals surface area (Å²) in [6, 6.07) is 0. The predicted octanol–water partition coefficient (Wildman–Crippen LogP) is 10.9. The first-order chi connectivity index (χ1) is 26.7. The number of unbranched alkanes of at least 4 members (excludes halogenated alkanes) is 12. The van der Waals surface area contributed by atoms with Gasteiger partial charge in [-0.2, -0.15) is 0 Å². The summed E-state index contributed by atoms with van der Waals surface area (Å²) in [5, 5.41) is 18.3. The SMILES string of the molecule is CC/C=C\C/C=C\C/C=C\CCCCCCCCCC(=O)OC(COC(=O)CCCCCCC/C=C\C/C=C\C/C=C\CC)COP(=O)(O)OCC(O)CO. The molecule has 0 aromatic rings. The second kappa shape index (κ2) is 39.6. The minimum atomic E-state index is -4.63. The Labute approximate surface area is 333 Å². The monoisotopic (exact) mass is 795 g/mol. The van der Waals surface area contributed by atoms with E-state index in [-0.39, 0.29) is 19.4 Å². The molecule has 0 bridgehead atoms. The number of hydrogen-bond acceptors (Lipinski definition) is 9. The molecule has 0 saturated carbocycles. The van der Waals surface area contributed by atoms with Crippen molar-refractivity contribution in [2.45, 2.75) is 167 Å². The van der Waals surface area contributed by atoms with Crippen LogP contribution in [0, 0.1) is 0 Å². The highest BCUT2D eigenvalue weighted by atomic mass is 31.2. The van der Waals surface area contributed by atoms with Crippen LogP contribution < -0.4 is 0 Å². The van der Waals surface area contributed by atoms with Crippen LogP contribution in [-0.4, -0.2) is 65.7 Å². The Balaban J connectivity index is 4.37. The summed E-state index contributed by atoms with van der Waals surface area (Å²) in [6.45, 7) is 2.11. The van der Waals surface area contributed by atoms with Gasteiger partial charge in [-0.1, -0.05) is 138 Å². The Bertz CT molecular complexity index is 1140. The first-order valence-corrected chi connectivity index (χ1v) is 22.4. The van der Waals surface area contributed by atoms with Gasteiger partial charge in [0.25, 0.3) is 0 Å². The molecule has 11 heteroatoms. The third-order valence-electron chi connectivity index (χ3n) is 8.36. The Morgan fingerprint density at radius 2 is 0.945 bits per heavy atom. The molecule has 3 atom stereocenters. The fraction of sp³-hybridized carbons (Fsp3) is 0.682. The number of allylic oxidation sites excluding steroid dienone is 12. The molecule has 55 heavy (non-hydrogen) atoms. The van der Waals surface area contributed by atoms with Gasteiger partial charge in [0.1, 0.15) is 12.7 Å². The Kier molecular flexibility index (Phi) is 37.8. The van der Waals surface area contributed by atoms with Gasteiger partial charge in [0.05, 0.1) is 19.8 Å². The lowest BCUT2D eigenvalue weighted by Gasteiger charge is -2.20. The molecule has 0 rings (SSSR count). The van der Waals surface area contributed by atoms with Crippen molar-refractivity contribution in [1.29, 1.82) is 0 Å². The molecule has 316 valence electrons. The topological polar surface area (TPSA) is 149 Å². The van der Waals surface area contributed by atoms with Crippen molar-refractivity contribution >= 4 is 19.8 Å². The molecule has 0 saturated heterocycles. The number of aliphatic hydroxyl groups is 2. The van der Waals surface area contributed by atoms with Crippen LogP contribution >= 0.6 is 7.82 Å². The summed E-state index contributed by atoms with van der Waals surface area (Å²) in [5.74, 6) is -0.963. The van der Waals surface area contributed by atoms with Gasteiger partial charge in [0, 0.05) is 12.8 Å². The molecule has 0 aromatic heterocycles. The maximum absolute atomic E-state index is 12.6. The highest BCUT2D eigenvalue weighted by Gasteiger charge is 2.27. The average molecular weight is 795 g/mol. The number of aliphatic hydroxyl groups excluding tert-OH is 2. The van der Waals surface area contributed by atoms with E-state index in [9.17, 15) is 24.2 Å². The van der Waals surface area contributed by atoms with E-state index in [2.05, 4.69) is 91.3 Å². The molecule has 3 unspecified atom stereocenters. The maximum Gasteiger partial charge on any atom is 0.472 e. The van der Waals surface area contributed by atoms with Crippen LogP contribution in [0.5, 0.6) is 0 Å². The van der Waals surface area contributed by atoms with Crippen molar-refractivity contribution in [2.75, 3.05) is 26.4 Å². The summed E-state index contributed by atoms with van der Waals surface area (Å²) in [7, 11) is -4.63. The normalized spacial score (nSPS) is 14.6. The van der Waals surface area contributed by atoms with Crippen LogP contribution in [0.25, 0.3) is 0 Å². The van der Waals surface area contributed by atoms with Crippen LogP contribution in [0.1, 0.15) is 155 Å². The first-order valence-electron chi connectivity index (χ1n) is 20.9. The van der Waals surface area contributed by atoms with Gasteiger partial charge in [0.15, 0.2) is 6.10 Å². The lowest BCUT2D eigenvalue weighted by Crippen LogP contribution is -2.29. The Hall–Kier alpha value is -2.59. The average Bonchev–Trinajstić information content (AvgIpc) is 3.17. The summed E-state index contributed by atoms with van der Waals surface area (Å²) < 4.78 is 32.7. The third kappa shape index (κ3) is 39.4. The lowest BCUT2D eigenvalue weighted by molar-refractivity contribution is -0.161. The quantitative estimate of drug-likeness (QED) is 0.0239. The van der Waals surface area contributed by atoms with Crippen molar-refractivity contribution in [3.63, 3.8) is 0 Å². The summed E-state index contributed by atoms with van der Waals surface area (Å²) in [5.41, 5.74) is 0. The van der Waals surface area contributed by atoms with Gasteiger partial charge in [-0.25, -0.2) is 4.57 Å². The number of carbonyl (C=O) groups is 2. The third-order valence-corrected chi connectivity index (χ3v) is 9.31. The van der Waals surface area contributed by atoms with Crippen molar-refractivity contribution in [3.05, 3.63) is 72.9 Å². The van der Waals surface area contributed by atoms with Gasteiger partial charge in [-0.3, -0.25) is 18.6 Å². The Morgan fingerprint density at radius 3 is 1.42 bits per heavy atom. The number of rotatable bonds is 38. The van der Waals surface area contributed by atoms with Gasteiger partial charge in [-0.15, -0.1) is 0 Å². The zero-order valence-corrected chi connectivity index (χ0v) is 35.0. The molecule has 0 amide bonds. The molecular weight excluding hydrogens is 719 g/mol. The van der Waals surface area contributed by atoms with E-state index < -0.39 is 51.8 Å². The fourth-order valence-electron chi connectivity index (χ4n) is 5.20. The second-order valence-corrected chi connectivity index (χ2v) is 15.1. The summed E-state index contributed by atoms with van der Waals surface area (Å²) in [4.78, 5) is 35.0. The van der Waals surface area contributed by atoms with Crippen molar-refractivity contribution in [2.24, 2.45) is 0 Å². The van der Waals surface area contributed by atoms with Crippen LogP contribution in [0.15, 0.2) is 72.9 Å². The molecule has 0 spiro atoms. The van der Waals surface area contributed by atoms with E-state index in [4.69, 9.17) is 19.1 Å². The van der Waals surface area contributed by atoms with Crippen molar-refractivity contribution < 1.29 is 47.8 Å². The van der Waals surface area contributed by atoms with Crippen LogP contribution in [-0.2, 0) is 32.7 Å². The number of hydrogen-bond donors (Lipinski definition) is 3. The van der Waals surface area contributed by atoms with Gasteiger partial charge in [0.2, 0.25) is 0 Å². The second-order valence-electron chi connectivity index (χ2n) is 13.6. The molecule has 0 fully saturated rings.